The molecule has 4 nitrogen and oxygen atoms in total. The number of carboxylic acids is 1. The summed E-state index contributed by atoms with van der Waals surface area (Å²) in [6, 6.07) is 7.99. The van der Waals surface area contributed by atoms with Gasteiger partial charge in [-0.1, -0.05) is 26.0 Å². The second-order valence-corrected chi connectivity index (χ2v) is 7.70. The van der Waals surface area contributed by atoms with E-state index in [1.807, 2.05) is 42.8 Å². The molecule has 0 amide bonds. The van der Waals surface area contributed by atoms with Crippen LogP contribution in [0.3, 0.4) is 0 Å². The Morgan fingerprint density at radius 3 is 1.80 bits per heavy atom. The Balaban J connectivity index is 0.000000251. The summed E-state index contributed by atoms with van der Waals surface area (Å²) < 4.78 is 4.72. The van der Waals surface area contributed by atoms with E-state index in [2.05, 4.69) is 6.07 Å². The highest BCUT2D eigenvalue weighted by Crippen LogP contribution is 2.18. The Morgan fingerprint density at radius 1 is 1.00 bits per heavy atom. The van der Waals surface area contributed by atoms with Crippen LogP contribution in [0.4, 0.5) is 0 Å². The molecule has 0 bridgehead atoms. The van der Waals surface area contributed by atoms with Crippen LogP contribution in [-0.2, 0) is 27.2 Å². The molecule has 6 heteroatoms. The summed E-state index contributed by atoms with van der Waals surface area (Å²) in [7, 11) is 1.44. The van der Waals surface area contributed by atoms with Gasteiger partial charge in [0.1, 0.15) is 0 Å². The number of methoxy groups -OCH3 is 1. The SMILES string of the molecule is CCC(Cc1cccs1)C(=O)O.CCC(Cc1cccs1)C(=O)OC. The second-order valence-electron chi connectivity index (χ2n) is 5.64. The lowest BCUT2D eigenvalue weighted by Gasteiger charge is -2.10. The minimum absolute atomic E-state index is 0.0173. The summed E-state index contributed by atoms with van der Waals surface area (Å²) in [5.74, 6) is -0.992. The molecule has 0 saturated heterocycles. The number of hydrogen-bond donors (Lipinski definition) is 1. The van der Waals surface area contributed by atoms with Crippen molar-refractivity contribution in [2.45, 2.75) is 39.5 Å². The number of carbonyl (C=O) groups is 2. The summed E-state index contributed by atoms with van der Waals surface area (Å²) in [6.45, 7) is 3.92. The Hall–Kier alpha value is -1.66. The normalized spacial score (nSPS) is 12.6. The summed E-state index contributed by atoms with van der Waals surface area (Å²) in [4.78, 5) is 24.3. The number of rotatable bonds is 8. The highest BCUT2D eigenvalue weighted by atomic mass is 32.1. The largest absolute Gasteiger partial charge is 0.481 e. The van der Waals surface area contributed by atoms with Crippen molar-refractivity contribution in [1.29, 1.82) is 0 Å². The molecule has 0 aliphatic heterocycles. The van der Waals surface area contributed by atoms with Gasteiger partial charge in [-0.25, -0.2) is 0 Å². The summed E-state index contributed by atoms with van der Waals surface area (Å²) in [5, 5.41) is 12.8. The number of thiophene rings is 2. The molecule has 138 valence electrons. The number of carboxylic acid groups (broad SMARTS) is 1. The van der Waals surface area contributed by atoms with Crippen LogP contribution in [0.25, 0.3) is 0 Å². The topological polar surface area (TPSA) is 63.6 Å². The number of aliphatic carboxylic acids is 1. The fourth-order valence-corrected chi connectivity index (χ4v) is 3.88. The summed E-state index contributed by atoms with van der Waals surface area (Å²) >= 11 is 3.31. The molecule has 0 saturated carbocycles. The van der Waals surface area contributed by atoms with Crippen LogP contribution < -0.4 is 0 Å². The summed E-state index contributed by atoms with van der Waals surface area (Å²) in [5.41, 5.74) is 0. The van der Waals surface area contributed by atoms with Gasteiger partial charge in [0.15, 0.2) is 0 Å². The first-order valence-electron chi connectivity index (χ1n) is 8.37. The maximum Gasteiger partial charge on any atom is 0.309 e. The van der Waals surface area contributed by atoms with Crippen LogP contribution in [0.15, 0.2) is 35.0 Å². The average Bonchev–Trinajstić information content (AvgIpc) is 3.30. The minimum atomic E-state index is -0.689. The van der Waals surface area contributed by atoms with E-state index < -0.39 is 5.97 Å². The van der Waals surface area contributed by atoms with Gasteiger partial charge in [0.25, 0.3) is 0 Å². The van der Waals surface area contributed by atoms with Crippen molar-refractivity contribution >= 4 is 34.6 Å². The molecule has 2 unspecified atom stereocenters. The maximum atomic E-state index is 11.3. The molecule has 0 aliphatic rings. The summed E-state index contributed by atoms with van der Waals surface area (Å²) in [6.07, 6.45) is 3.02. The van der Waals surface area contributed by atoms with E-state index in [0.29, 0.717) is 12.8 Å². The number of hydrogen-bond acceptors (Lipinski definition) is 5. The van der Waals surface area contributed by atoms with Crippen molar-refractivity contribution in [2.24, 2.45) is 11.8 Å². The predicted octanol–water partition coefficient (Wildman–Crippen LogP) is 4.89. The van der Waals surface area contributed by atoms with E-state index in [0.717, 1.165) is 17.7 Å². The van der Waals surface area contributed by atoms with Crippen LogP contribution in [0, 0.1) is 11.8 Å². The first-order chi connectivity index (χ1) is 12.0. The van der Waals surface area contributed by atoms with Crippen LogP contribution >= 0.6 is 22.7 Å². The van der Waals surface area contributed by atoms with Crippen LogP contribution in [0.1, 0.15) is 36.4 Å². The fourth-order valence-electron chi connectivity index (χ4n) is 2.31. The van der Waals surface area contributed by atoms with Crippen molar-refractivity contribution in [3.05, 3.63) is 44.8 Å². The van der Waals surface area contributed by atoms with Crippen LogP contribution in [0.2, 0.25) is 0 Å². The predicted molar refractivity (Wildman–Crippen MR) is 103 cm³/mol. The Bertz CT molecular complexity index is 605. The molecule has 2 aromatic heterocycles. The molecule has 0 spiro atoms. The standard InChI is InChI=1S/C10H14O2S.C9H12O2S/c1-3-8(10(11)12-2)7-9-5-4-6-13-9;1-2-7(9(10)11)6-8-4-3-5-12-8/h4-6,8H,3,7H2,1-2H3;3-5,7H,2,6H2,1H3,(H,10,11). The first-order valence-corrected chi connectivity index (χ1v) is 10.1. The van der Waals surface area contributed by atoms with E-state index in [1.54, 1.807) is 22.7 Å². The minimum Gasteiger partial charge on any atom is -0.481 e. The third-order valence-corrected chi connectivity index (χ3v) is 5.72. The van der Waals surface area contributed by atoms with Crippen molar-refractivity contribution in [3.8, 4) is 0 Å². The molecule has 25 heavy (non-hydrogen) atoms. The zero-order chi connectivity index (χ0) is 18.7. The lowest BCUT2D eigenvalue weighted by Crippen LogP contribution is -2.17. The number of esters is 1. The van der Waals surface area contributed by atoms with Gasteiger partial charge in [0.05, 0.1) is 18.9 Å². The van der Waals surface area contributed by atoms with Gasteiger partial charge < -0.3 is 9.84 Å². The van der Waals surface area contributed by atoms with Crippen molar-refractivity contribution in [1.82, 2.24) is 0 Å². The first kappa shape index (κ1) is 21.4. The van der Waals surface area contributed by atoms with Crippen molar-refractivity contribution in [2.75, 3.05) is 7.11 Å². The maximum absolute atomic E-state index is 11.3. The highest BCUT2D eigenvalue weighted by Gasteiger charge is 2.17. The van der Waals surface area contributed by atoms with E-state index in [9.17, 15) is 9.59 Å². The second kappa shape index (κ2) is 11.8. The van der Waals surface area contributed by atoms with E-state index in [-0.39, 0.29) is 17.8 Å². The van der Waals surface area contributed by atoms with Crippen molar-refractivity contribution < 1.29 is 19.4 Å². The van der Waals surface area contributed by atoms with Crippen molar-refractivity contribution in [3.63, 3.8) is 0 Å². The van der Waals surface area contributed by atoms with Gasteiger partial charge in [0, 0.05) is 9.75 Å². The molecule has 0 aliphatic carbocycles. The molecule has 0 radical (unpaired) electrons. The Labute approximate surface area is 157 Å². The van der Waals surface area contributed by atoms with Gasteiger partial charge in [-0.05, 0) is 48.6 Å². The molecule has 2 rings (SSSR count). The van der Waals surface area contributed by atoms with E-state index in [1.165, 1.54) is 12.0 Å². The zero-order valence-corrected chi connectivity index (χ0v) is 16.6. The molecular weight excluding hydrogens is 356 g/mol. The monoisotopic (exact) mass is 382 g/mol. The van der Waals surface area contributed by atoms with Gasteiger partial charge >= 0.3 is 11.9 Å². The number of carbonyl (C=O) groups excluding carboxylic acids is 1. The quantitative estimate of drug-likeness (QED) is 0.660. The fraction of sp³-hybridized carbons (Fsp3) is 0.474. The molecule has 0 aromatic carbocycles. The lowest BCUT2D eigenvalue weighted by molar-refractivity contribution is -0.145. The third-order valence-electron chi connectivity index (χ3n) is 3.92. The molecular formula is C19H26O4S2. The van der Waals surface area contributed by atoms with E-state index in [4.69, 9.17) is 9.84 Å². The van der Waals surface area contributed by atoms with Gasteiger partial charge in [-0.2, -0.15) is 0 Å². The Morgan fingerprint density at radius 2 is 1.48 bits per heavy atom. The van der Waals surface area contributed by atoms with E-state index >= 15 is 0 Å². The average molecular weight is 383 g/mol. The molecule has 0 fully saturated rings. The lowest BCUT2D eigenvalue weighted by atomic mass is 10.0. The van der Waals surface area contributed by atoms with Crippen LogP contribution in [0.5, 0.6) is 0 Å². The highest BCUT2D eigenvalue weighted by molar-refractivity contribution is 7.10. The molecule has 2 heterocycles. The van der Waals surface area contributed by atoms with Crippen LogP contribution in [-0.4, -0.2) is 24.2 Å². The zero-order valence-electron chi connectivity index (χ0n) is 14.9. The van der Waals surface area contributed by atoms with Gasteiger partial charge in [0.2, 0.25) is 0 Å². The van der Waals surface area contributed by atoms with Gasteiger partial charge in [-0.15, -0.1) is 22.7 Å². The molecule has 2 atom stereocenters. The number of ether oxygens (including phenoxy) is 1. The Kier molecular flexibility index (Phi) is 10.1. The molecule has 2 aromatic rings. The third kappa shape index (κ3) is 7.84. The molecule has 1 N–H and O–H groups in total. The smallest absolute Gasteiger partial charge is 0.309 e. The van der Waals surface area contributed by atoms with Gasteiger partial charge in [-0.3, -0.25) is 9.59 Å².